The SMILES string of the molecule is Cc1ccc(Cl)cc1N1CCN(C(=O)Cc2csc(NC(=O)c3ncccn3)n2)CC1. The number of anilines is 2. The van der Waals surface area contributed by atoms with E-state index in [1.54, 1.807) is 11.4 Å². The first kappa shape index (κ1) is 21.2. The molecule has 1 aliphatic rings. The predicted molar refractivity (Wildman–Crippen MR) is 121 cm³/mol. The van der Waals surface area contributed by atoms with Gasteiger partial charge in [0.05, 0.1) is 12.1 Å². The summed E-state index contributed by atoms with van der Waals surface area (Å²) < 4.78 is 0. The normalized spacial score (nSPS) is 13.9. The summed E-state index contributed by atoms with van der Waals surface area (Å²) in [6.45, 7) is 4.85. The number of rotatable bonds is 5. The van der Waals surface area contributed by atoms with Crippen molar-refractivity contribution in [2.75, 3.05) is 36.4 Å². The zero-order valence-corrected chi connectivity index (χ0v) is 18.5. The number of hydrogen-bond donors (Lipinski definition) is 1. The average Bonchev–Trinajstić information content (AvgIpc) is 3.22. The third kappa shape index (κ3) is 5.18. The highest BCUT2D eigenvalue weighted by Gasteiger charge is 2.23. The molecule has 4 rings (SSSR count). The number of nitrogens with one attached hydrogen (secondary N) is 1. The van der Waals surface area contributed by atoms with Crippen molar-refractivity contribution in [1.29, 1.82) is 0 Å². The number of aryl methyl sites for hydroxylation is 1. The maximum absolute atomic E-state index is 12.7. The number of carbonyl (C=O) groups is 2. The molecule has 2 aromatic heterocycles. The third-order valence-electron chi connectivity index (χ3n) is 5.02. The van der Waals surface area contributed by atoms with E-state index in [9.17, 15) is 9.59 Å². The molecule has 1 saturated heterocycles. The van der Waals surface area contributed by atoms with Gasteiger partial charge in [0.1, 0.15) is 0 Å². The molecule has 31 heavy (non-hydrogen) atoms. The summed E-state index contributed by atoms with van der Waals surface area (Å²) in [6.07, 6.45) is 3.20. The lowest BCUT2D eigenvalue weighted by Crippen LogP contribution is -2.49. The van der Waals surface area contributed by atoms with Crippen molar-refractivity contribution in [2.45, 2.75) is 13.3 Å². The molecule has 160 valence electrons. The quantitative estimate of drug-likeness (QED) is 0.634. The number of benzene rings is 1. The molecule has 10 heteroatoms. The van der Waals surface area contributed by atoms with Gasteiger partial charge in [-0.2, -0.15) is 0 Å². The van der Waals surface area contributed by atoms with Crippen LogP contribution in [0.2, 0.25) is 5.02 Å². The zero-order chi connectivity index (χ0) is 21.8. The van der Waals surface area contributed by atoms with Crippen molar-refractivity contribution in [3.05, 3.63) is 64.1 Å². The Balaban J connectivity index is 1.30. The summed E-state index contributed by atoms with van der Waals surface area (Å²) >= 11 is 7.42. The van der Waals surface area contributed by atoms with Crippen LogP contribution >= 0.6 is 22.9 Å². The van der Waals surface area contributed by atoms with Crippen LogP contribution in [-0.4, -0.2) is 57.8 Å². The molecule has 0 bridgehead atoms. The molecule has 0 saturated carbocycles. The van der Waals surface area contributed by atoms with E-state index >= 15 is 0 Å². The van der Waals surface area contributed by atoms with E-state index in [0.29, 0.717) is 28.9 Å². The molecule has 0 atom stereocenters. The number of thiazole rings is 1. The summed E-state index contributed by atoms with van der Waals surface area (Å²) in [7, 11) is 0. The van der Waals surface area contributed by atoms with E-state index in [4.69, 9.17) is 11.6 Å². The second kappa shape index (κ2) is 9.40. The van der Waals surface area contributed by atoms with Crippen LogP contribution in [0.25, 0.3) is 0 Å². The molecule has 2 amide bonds. The Hall–Kier alpha value is -3.04. The topological polar surface area (TPSA) is 91.3 Å². The number of piperazine rings is 1. The summed E-state index contributed by atoms with van der Waals surface area (Å²) in [5.74, 6) is -0.333. The molecule has 3 aromatic rings. The van der Waals surface area contributed by atoms with Crippen LogP contribution in [0.3, 0.4) is 0 Å². The zero-order valence-electron chi connectivity index (χ0n) is 16.9. The third-order valence-corrected chi connectivity index (χ3v) is 6.06. The van der Waals surface area contributed by atoms with Crippen LogP contribution in [-0.2, 0) is 11.2 Å². The standard InChI is InChI=1S/C21H21ClN6O2S/c1-14-3-4-15(22)11-17(14)27-7-9-28(10-8-27)18(29)12-16-13-31-21(25-16)26-20(30)19-23-5-2-6-24-19/h2-6,11,13H,7-10,12H2,1H3,(H,25,26,30). The lowest BCUT2D eigenvalue weighted by molar-refractivity contribution is -0.130. The first-order valence-electron chi connectivity index (χ1n) is 9.81. The smallest absolute Gasteiger partial charge is 0.295 e. The first-order valence-corrected chi connectivity index (χ1v) is 11.1. The van der Waals surface area contributed by atoms with Crippen LogP contribution in [0.15, 0.2) is 42.0 Å². The summed E-state index contributed by atoms with van der Waals surface area (Å²) in [4.78, 5) is 41.1. The fourth-order valence-corrected chi connectivity index (χ4v) is 4.27. The van der Waals surface area contributed by atoms with Gasteiger partial charge in [0.15, 0.2) is 5.13 Å². The monoisotopic (exact) mass is 456 g/mol. The van der Waals surface area contributed by atoms with Crippen LogP contribution in [0.4, 0.5) is 10.8 Å². The van der Waals surface area contributed by atoms with Gasteiger partial charge < -0.3 is 9.80 Å². The minimum atomic E-state index is -0.430. The van der Waals surface area contributed by atoms with E-state index in [0.717, 1.165) is 18.8 Å². The summed E-state index contributed by atoms with van der Waals surface area (Å²) in [5, 5.41) is 5.58. The van der Waals surface area contributed by atoms with E-state index in [1.807, 2.05) is 23.1 Å². The maximum Gasteiger partial charge on any atom is 0.295 e. The Kier molecular flexibility index (Phi) is 6.43. The number of hydrogen-bond acceptors (Lipinski definition) is 7. The van der Waals surface area contributed by atoms with Crippen LogP contribution in [0, 0.1) is 6.92 Å². The van der Waals surface area contributed by atoms with Gasteiger partial charge in [-0.05, 0) is 30.7 Å². The van der Waals surface area contributed by atoms with Gasteiger partial charge in [-0.3, -0.25) is 14.9 Å². The molecule has 1 aromatic carbocycles. The lowest BCUT2D eigenvalue weighted by Gasteiger charge is -2.36. The van der Waals surface area contributed by atoms with Gasteiger partial charge in [-0.15, -0.1) is 11.3 Å². The molecule has 1 fully saturated rings. The molecule has 1 aliphatic heterocycles. The van der Waals surface area contributed by atoms with Gasteiger partial charge >= 0.3 is 0 Å². The van der Waals surface area contributed by atoms with E-state index in [1.165, 1.54) is 29.3 Å². The van der Waals surface area contributed by atoms with Gasteiger partial charge in [0, 0.05) is 54.7 Å². The Bertz CT molecular complexity index is 1080. The second-order valence-electron chi connectivity index (χ2n) is 7.15. The largest absolute Gasteiger partial charge is 0.368 e. The predicted octanol–water partition coefficient (Wildman–Crippen LogP) is 3.04. The molecular formula is C21H21ClN6O2S. The van der Waals surface area contributed by atoms with Crippen molar-refractivity contribution < 1.29 is 9.59 Å². The molecular weight excluding hydrogens is 436 g/mol. The van der Waals surface area contributed by atoms with Crippen molar-refractivity contribution in [2.24, 2.45) is 0 Å². The van der Waals surface area contributed by atoms with Crippen molar-refractivity contribution in [3.8, 4) is 0 Å². The highest BCUT2D eigenvalue weighted by atomic mass is 35.5. The number of amides is 2. The number of carbonyl (C=O) groups excluding carboxylic acids is 2. The van der Waals surface area contributed by atoms with Crippen molar-refractivity contribution in [3.63, 3.8) is 0 Å². The number of halogens is 1. The van der Waals surface area contributed by atoms with Gasteiger partial charge in [0.2, 0.25) is 11.7 Å². The highest BCUT2D eigenvalue weighted by molar-refractivity contribution is 7.14. The molecule has 0 spiro atoms. The van der Waals surface area contributed by atoms with Crippen molar-refractivity contribution in [1.82, 2.24) is 19.9 Å². The minimum Gasteiger partial charge on any atom is -0.368 e. The molecule has 0 aliphatic carbocycles. The molecule has 1 N–H and O–H groups in total. The Morgan fingerprint density at radius 2 is 1.90 bits per heavy atom. The van der Waals surface area contributed by atoms with Gasteiger partial charge in [0.25, 0.3) is 5.91 Å². The Morgan fingerprint density at radius 1 is 1.16 bits per heavy atom. The van der Waals surface area contributed by atoms with Crippen molar-refractivity contribution >= 4 is 45.6 Å². The fourth-order valence-electron chi connectivity index (χ4n) is 3.40. The second-order valence-corrected chi connectivity index (χ2v) is 8.44. The van der Waals surface area contributed by atoms with Crippen LogP contribution in [0.5, 0.6) is 0 Å². The summed E-state index contributed by atoms with van der Waals surface area (Å²) in [5.41, 5.74) is 2.91. The molecule has 0 radical (unpaired) electrons. The Labute approximate surface area is 188 Å². The maximum atomic E-state index is 12.7. The number of nitrogens with zero attached hydrogens (tertiary/aromatic N) is 5. The highest BCUT2D eigenvalue weighted by Crippen LogP contribution is 2.25. The molecule has 3 heterocycles. The lowest BCUT2D eigenvalue weighted by atomic mass is 10.1. The van der Waals surface area contributed by atoms with Gasteiger partial charge in [-0.1, -0.05) is 17.7 Å². The van der Waals surface area contributed by atoms with Gasteiger partial charge in [-0.25, -0.2) is 15.0 Å². The van der Waals surface area contributed by atoms with E-state index in [2.05, 4.69) is 32.1 Å². The average molecular weight is 457 g/mol. The summed E-state index contributed by atoms with van der Waals surface area (Å²) in [6, 6.07) is 7.51. The van der Waals surface area contributed by atoms with Crippen LogP contribution < -0.4 is 10.2 Å². The fraction of sp³-hybridized carbons (Fsp3) is 0.286. The minimum absolute atomic E-state index is 0.0250. The van der Waals surface area contributed by atoms with Crippen LogP contribution in [0.1, 0.15) is 21.9 Å². The first-order chi connectivity index (χ1) is 15.0. The van der Waals surface area contributed by atoms with E-state index in [-0.39, 0.29) is 18.2 Å². The van der Waals surface area contributed by atoms with E-state index < -0.39 is 5.91 Å². The molecule has 0 unspecified atom stereocenters. The number of aromatic nitrogens is 3. The Morgan fingerprint density at radius 3 is 2.65 bits per heavy atom. The molecule has 8 nitrogen and oxygen atoms in total.